The zero-order chi connectivity index (χ0) is 19.3. The fourth-order valence-electron chi connectivity index (χ4n) is 4.76. The van der Waals surface area contributed by atoms with Gasteiger partial charge in [0.25, 0.3) is 0 Å². The molecule has 3 aliphatic rings. The molecule has 1 saturated heterocycles. The number of rotatable bonds is 3. The molecule has 5 nitrogen and oxygen atoms in total. The van der Waals surface area contributed by atoms with Crippen LogP contribution in [0.25, 0.3) is 0 Å². The largest absolute Gasteiger partial charge is 0.477 e. The van der Waals surface area contributed by atoms with Crippen molar-refractivity contribution < 1.29 is 19.4 Å². The molecule has 2 aliphatic heterocycles. The Kier molecular flexibility index (Phi) is 4.29. The summed E-state index contributed by atoms with van der Waals surface area (Å²) in [6.45, 7) is 1.97. The number of carboxylic acids is 1. The Balaban J connectivity index is 1.27. The molecule has 1 aromatic heterocycles. The summed E-state index contributed by atoms with van der Waals surface area (Å²) in [5.41, 5.74) is 1.96. The molecular formula is C22H23NO4S. The summed E-state index contributed by atoms with van der Waals surface area (Å²) in [4.78, 5) is 27.8. The SMILES string of the molecule is O=C(O)c1cc2c(s1)C1(CCN(C(=O)[C@@H]3C[C@H]3c3ccccc3)CC1)OCC2. The van der Waals surface area contributed by atoms with E-state index in [1.165, 1.54) is 16.9 Å². The second-order valence-electron chi connectivity index (χ2n) is 8.05. The minimum Gasteiger partial charge on any atom is -0.477 e. The summed E-state index contributed by atoms with van der Waals surface area (Å²) >= 11 is 1.35. The van der Waals surface area contributed by atoms with Gasteiger partial charge in [0, 0.05) is 23.9 Å². The highest BCUT2D eigenvalue weighted by Gasteiger charge is 2.49. The minimum atomic E-state index is -0.872. The molecule has 1 amide bonds. The highest BCUT2D eigenvalue weighted by atomic mass is 32.1. The first-order chi connectivity index (χ1) is 13.6. The Morgan fingerprint density at radius 3 is 2.64 bits per heavy atom. The van der Waals surface area contributed by atoms with E-state index in [1.54, 1.807) is 6.07 Å². The lowest BCUT2D eigenvalue weighted by Crippen LogP contribution is -2.48. The minimum absolute atomic E-state index is 0.111. The molecular weight excluding hydrogens is 374 g/mol. The van der Waals surface area contributed by atoms with Gasteiger partial charge in [-0.25, -0.2) is 4.79 Å². The fourth-order valence-corrected chi connectivity index (χ4v) is 6.01. The third-order valence-electron chi connectivity index (χ3n) is 6.40. The first kappa shape index (κ1) is 17.9. The van der Waals surface area contributed by atoms with Crippen molar-refractivity contribution in [3.05, 3.63) is 57.3 Å². The zero-order valence-electron chi connectivity index (χ0n) is 15.6. The highest BCUT2D eigenvalue weighted by molar-refractivity contribution is 7.14. The highest BCUT2D eigenvalue weighted by Crippen LogP contribution is 2.50. The molecule has 5 rings (SSSR count). The molecule has 0 bridgehead atoms. The van der Waals surface area contributed by atoms with Crippen molar-refractivity contribution in [2.45, 2.75) is 37.2 Å². The number of piperidine rings is 1. The number of likely N-dealkylation sites (tertiary alicyclic amines) is 1. The van der Waals surface area contributed by atoms with Gasteiger partial charge >= 0.3 is 5.97 Å². The van der Waals surface area contributed by atoms with Crippen LogP contribution in [0.3, 0.4) is 0 Å². The standard InChI is InChI=1S/C22H23NO4S/c24-20(17-13-16(17)14-4-2-1-3-5-14)23-9-7-22(8-10-23)19-15(6-11-27-22)12-18(28-19)21(25)26/h1-5,12,16-17H,6-11,13H2,(H,25,26)/t16-,17+/m0/s1. The number of hydrogen-bond acceptors (Lipinski definition) is 4. The van der Waals surface area contributed by atoms with Crippen molar-refractivity contribution >= 4 is 23.2 Å². The molecule has 1 saturated carbocycles. The van der Waals surface area contributed by atoms with Gasteiger partial charge in [-0.15, -0.1) is 11.3 Å². The van der Waals surface area contributed by atoms with Crippen molar-refractivity contribution in [1.82, 2.24) is 4.90 Å². The van der Waals surface area contributed by atoms with E-state index in [1.807, 2.05) is 23.1 Å². The monoisotopic (exact) mass is 397 g/mol. The molecule has 0 radical (unpaired) electrons. The molecule has 2 atom stereocenters. The number of benzene rings is 1. The number of amides is 1. The van der Waals surface area contributed by atoms with Crippen molar-refractivity contribution in [3.8, 4) is 0 Å². The Hall–Kier alpha value is -2.18. The molecule has 2 aromatic rings. The number of carbonyl (C=O) groups is 2. The molecule has 2 fully saturated rings. The number of carbonyl (C=O) groups excluding carboxylic acids is 1. The number of hydrogen-bond donors (Lipinski definition) is 1. The molecule has 146 valence electrons. The third-order valence-corrected chi connectivity index (χ3v) is 7.75. The van der Waals surface area contributed by atoms with E-state index < -0.39 is 11.6 Å². The van der Waals surface area contributed by atoms with Gasteiger partial charge in [0.05, 0.1) is 6.61 Å². The van der Waals surface area contributed by atoms with E-state index in [0.717, 1.165) is 36.1 Å². The maximum Gasteiger partial charge on any atom is 0.345 e. The number of carboxylic acid groups (broad SMARTS) is 1. The summed E-state index contributed by atoms with van der Waals surface area (Å²) in [6.07, 6.45) is 3.20. The van der Waals surface area contributed by atoms with Crippen LogP contribution in [0.5, 0.6) is 0 Å². The Bertz CT molecular complexity index is 914. The van der Waals surface area contributed by atoms with E-state index in [9.17, 15) is 14.7 Å². The first-order valence-corrected chi connectivity index (χ1v) is 10.7. The lowest BCUT2D eigenvalue weighted by atomic mass is 9.85. The Labute approximate surface area is 167 Å². The van der Waals surface area contributed by atoms with Crippen LogP contribution in [0.15, 0.2) is 36.4 Å². The molecule has 1 aromatic carbocycles. The second-order valence-corrected chi connectivity index (χ2v) is 9.10. The summed E-state index contributed by atoms with van der Waals surface area (Å²) in [7, 11) is 0. The van der Waals surface area contributed by atoms with Crippen LogP contribution in [0.4, 0.5) is 0 Å². The van der Waals surface area contributed by atoms with Gasteiger partial charge in [-0.1, -0.05) is 30.3 Å². The predicted molar refractivity (Wildman–Crippen MR) is 106 cm³/mol. The average Bonchev–Trinajstić information content (AvgIpc) is 3.39. The van der Waals surface area contributed by atoms with Crippen molar-refractivity contribution in [2.75, 3.05) is 19.7 Å². The predicted octanol–water partition coefficient (Wildman–Crippen LogP) is 3.64. The topological polar surface area (TPSA) is 66.8 Å². The summed E-state index contributed by atoms with van der Waals surface area (Å²) in [6, 6.07) is 12.1. The van der Waals surface area contributed by atoms with Gasteiger partial charge in [-0.05, 0) is 48.8 Å². The van der Waals surface area contributed by atoms with Gasteiger partial charge in [-0.3, -0.25) is 4.79 Å². The lowest BCUT2D eigenvalue weighted by Gasteiger charge is -2.43. The lowest BCUT2D eigenvalue weighted by molar-refractivity contribution is -0.141. The number of aromatic carboxylic acids is 1. The zero-order valence-corrected chi connectivity index (χ0v) is 16.4. The molecule has 6 heteroatoms. The summed E-state index contributed by atoms with van der Waals surface area (Å²) in [5.74, 6) is -0.142. The second kappa shape index (κ2) is 6.71. The van der Waals surface area contributed by atoms with Gasteiger partial charge in [0.15, 0.2) is 0 Å². The maximum atomic E-state index is 13.0. The molecule has 0 unspecified atom stereocenters. The van der Waals surface area contributed by atoms with Crippen LogP contribution in [0.2, 0.25) is 0 Å². The smallest absolute Gasteiger partial charge is 0.345 e. The quantitative estimate of drug-likeness (QED) is 0.859. The van der Waals surface area contributed by atoms with E-state index in [4.69, 9.17) is 4.74 Å². The van der Waals surface area contributed by atoms with E-state index in [2.05, 4.69) is 12.1 Å². The number of thiophene rings is 1. The Morgan fingerprint density at radius 1 is 1.18 bits per heavy atom. The molecule has 1 spiro atoms. The van der Waals surface area contributed by atoms with Gasteiger partial charge in [0.1, 0.15) is 10.5 Å². The molecule has 1 N–H and O–H groups in total. The van der Waals surface area contributed by atoms with E-state index in [0.29, 0.717) is 30.5 Å². The van der Waals surface area contributed by atoms with E-state index >= 15 is 0 Å². The molecule has 3 heterocycles. The third kappa shape index (κ3) is 2.95. The number of nitrogens with zero attached hydrogens (tertiary/aromatic N) is 1. The normalized spacial score (nSPS) is 25.4. The van der Waals surface area contributed by atoms with E-state index in [-0.39, 0.29) is 11.8 Å². The molecule has 28 heavy (non-hydrogen) atoms. The van der Waals surface area contributed by atoms with Crippen LogP contribution < -0.4 is 0 Å². The van der Waals surface area contributed by atoms with Crippen molar-refractivity contribution in [3.63, 3.8) is 0 Å². The number of ether oxygens (including phenoxy) is 1. The average molecular weight is 397 g/mol. The summed E-state index contributed by atoms with van der Waals surface area (Å²) < 4.78 is 6.20. The van der Waals surface area contributed by atoms with Crippen molar-refractivity contribution in [1.29, 1.82) is 0 Å². The van der Waals surface area contributed by atoms with Gasteiger partial charge in [-0.2, -0.15) is 0 Å². The van der Waals surface area contributed by atoms with Crippen LogP contribution in [0.1, 0.15) is 50.9 Å². The maximum absolute atomic E-state index is 13.0. The van der Waals surface area contributed by atoms with Crippen LogP contribution in [-0.2, 0) is 21.6 Å². The van der Waals surface area contributed by atoms with Gasteiger partial charge in [0.2, 0.25) is 5.91 Å². The van der Waals surface area contributed by atoms with Crippen LogP contribution >= 0.6 is 11.3 Å². The first-order valence-electron chi connectivity index (χ1n) is 9.91. The van der Waals surface area contributed by atoms with Crippen LogP contribution in [0, 0.1) is 5.92 Å². The molecule has 1 aliphatic carbocycles. The van der Waals surface area contributed by atoms with Crippen LogP contribution in [-0.4, -0.2) is 41.6 Å². The summed E-state index contributed by atoms with van der Waals surface area (Å²) in [5, 5.41) is 9.34. The number of fused-ring (bicyclic) bond motifs is 2. The fraction of sp³-hybridized carbons (Fsp3) is 0.455. The van der Waals surface area contributed by atoms with Crippen molar-refractivity contribution in [2.24, 2.45) is 5.92 Å². The van der Waals surface area contributed by atoms with Gasteiger partial charge < -0.3 is 14.7 Å². The Morgan fingerprint density at radius 2 is 1.93 bits per heavy atom.